The van der Waals surface area contributed by atoms with Crippen LogP contribution in [0.4, 0.5) is 0 Å². The second kappa shape index (κ2) is 8.15. The Morgan fingerprint density at radius 3 is 2.76 bits per heavy atom. The van der Waals surface area contributed by atoms with Crippen molar-refractivity contribution >= 4 is 54.2 Å². The second-order valence-electron chi connectivity index (χ2n) is 9.53. The maximum absolute atomic E-state index is 13.4. The van der Waals surface area contributed by atoms with E-state index in [-0.39, 0.29) is 23.0 Å². The zero-order valence-electron chi connectivity index (χ0n) is 18.6. The average Bonchev–Trinajstić information content (AvgIpc) is 3.42. The number of aromatic nitrogens is 1. The molecule has 2 heterocycles. The predicted octanol–water partition coefficient (Wildman–Crippen LogP) is 5.17. The van der Waals surface area contributed by atoms with Gasteiger partial charge in [0.2, 0.25) is 0 Å². The minimum Gasteiger partial charge on any atom is -0.302 e. The van der Waals surface area contributed by atoms with Crippen molar-refractivity contribution in [3.8, 4) is 10.6 Å². The summed E-state index contributed by atoms with van der Waals surface area (Å²) in [6.07, 6.45) is 3.45. The van der Waals surface area contributed by atoms with Gasteiger partial charge in [-0.3, -0.25) is 14.8 Å². The molecule has 3 aromatic rings. The number of amides is 1. The van der Waals surface area contributed by atoms with E-state index in [2.05, 4.69) is 26.8 Å². The quantitative estimate of drug-likeness (QED) is 0.283. The number of rotatable bonds is 6. The number of hydrogen-bond donors (Lipinski definition) is 3. The minimum absolute atomic E-state index is 0.164. The highest BCUT2D eigenvalue weighted by Gasteiger charge is 2.61. The molecule has 2 aliphatic carbocycles. The van der Waals surface area contributed by atoms with Crippen LogP contribution < -0.4 is 10.9 Å². The van der Waals surface area contributed by atoms with Crippen LogP contribution in [0.5, 0.6) is 0 Å². The van der Waals surface area contributed by atoms with Crippen LogP contribution in [-0.2, 0) is 10.1 Å². The standard InChI is InChI=1S/C24H24BrN3O4S2/c1-23(2)14-7-8-24(23,13-34(30,31)32)21(10-14)27-28-22(29)17-12-19(20-4-3-9-33-20)26-18-6-5-15(25)11-16(17)18/h3-6,9-12,14,27H,7-8,13H2,1-2H3,(H,28,29)(H,30,31,32)/t14-,24-/m1/s1. The number of halogens is 1. The molecule has 0 spiro atoms. The number of nitrogens with zero attached hydrogens (tertiary/aromatic N) is 1. The van der Waals surface area contributed by atoms with Crippen molar-refractivity contribution in [1.29, 1.82) is 0 Å². The van der Waals surface area contributed by atoms with Crippen molar-refractivity contribution in [2.75, 3.05) is 5.75 Å². The maximum atomic E-state index is 13.4. The average molecular weight is 563 g/mol. The molecule has 3 N–H and O–H groups in total. The highest BCUT2D eigenvalue weighted by atomic mass is 79.9. The van der Waals surface area contributed by atoms with Crippen LogP contribution in [0.3, 0.4) is 0 Å². The molecule has 0 radical (unpaired) electrons. The Kier molecular flexibility index (Phi) is 5.63. The van der Waals surface area contributed by atoms with Crippen LogP contribution in [-0.4, -0.2) is 29.6 Å². The van der Waals surface area contributed by atoms with Gasteiger partial charge in [-0.2, -0.15) is 8.42 Å². The van der Waals surface area contributed by atoms with Gasteiger partial charge in [0.15, 0.2) is 0 Å². The first-order valence-electron chi connectivity index (χ1n) is 10.9. The van der Waals surface area contributed by atoms with E-state index in [1.165, 1.54) is 0 Å². The SMILES string of the molecule is CC1(C)[C@H]2C=C(NNC(=O)c3cc(-c4cccs4)nc4ccc(Br)cc34)[C@]1(CS(=O)(=O)O)CC2. The Bertz CT molecular complexity index is 1430. The zero-order chi connectivity index (χ0) is 24.3. The molecular weight excluding hydrogens is 538 g/mol. The van der Waals surface area contributed by atoms with Crippen LogP contribution >= 0.6 is 27.3 Å². The Morgan fingerprint density at radius 2 is 2.09 bits per heavy atom. The van der Waals surface area contributed by atoms with Gasteiger partial charge in [-0.15, -0.1) is 11.3 Å². The number of carbonyl (C=O) groups is 1. The van der Waals surface area contributed by atoms with E-state index >= 15 is 0 Å². The fourth-order valence-electron chi connectivity index (χ4n) is 5.51. The molecule has 0 aliphatic heterocycles. The molecule has 2 bridgehead atoms. The van der Waals surface area contributed by atoms with E-state index in [4.69, 9.17) is 4.98 Å². The molecule has 2 aliphatic rings. The normalized spacial score (nSPS) is 23.2. The molecule has 7 nitrogen and oxygen atoms in total. The highest BCUT2D eigenvalue weighted by Crippen LogP contribution is 2.64. The van der Waals surface area contributed by atoms with E-state index in [1.54, 1.807) is 17.4 Å². The lowest BCUT2D eigenvalue weighted by molar-refractivity contribution is 0.0928. The molecule has 1 fully saturated rings. The number of nitrogens with one attached hydrogen (secondary N) is 2. The smallest absolute Gasteiger partial charge is 0.270 e. The van der Waals surface area contributed by atoms with E-state index in [9.17, 15) is 17.8 Å². The van der Waals surface area contributed by atoms with Crippen LogP contribution in [0.15, 0.2) is 58.0 Å². The van der Waals surface area contributed by atoms with Crippen molar-refractivity contribution in [2.45, 2.75) is 26.7 Å². The van der Waals surface area contributed by atoms with E-state index in [0.29, 0.717) is 34.3 Å². The fraction of sp³-hybridized carbons (Fsp3) is 0.333. The second-order valence-corrected chi connectivity index (χ2v) is 12.8. The van der Waals surface area contributed by atoms with Crippen LogP contribution in [0.1, 0.15) is 37.0 Å². The molecule has 2 atom stereocenters. The number of carbonyl (C=O) groups excluding carboxylic acids is 1. The third kappa shape index (κ3) is 3.86. The molecule has 34 heavy (non-hydrogen) atoms. The Labute approximate surface area is 210 Å². The van der Waals surface area contributed by atoms with Crippen molar-refractivity contribution in [3.63, 3.8) is 0 Å². The van der Waals surface area contributed by atoms with E-state index < -0.39 is 15.5 Å². The summed E-state index contributed by atoms with van der Waals surface area (Å²) in [5.74, 6) is -0.574. The van der Waals surface area contributed by atoms with Gasteiger partial charge in [0.25, 0.3) is 16.0 Å². The van der Waals surface area contributed by atoms with Crippen LogP contribution in [0, 0.1) is 16.7 Å². The summed E-state index contributed by atoms with van der Waals surface area (Å²) in [5.41, 5.74) is 7.15. The van der Waals surface area contributed by atoms with Crippen LogP contribution in [0.25, 0.3) is 21.5 Å². The summed E-state index contributed by atoms with van der Waals surface area (Å²) in [6.45, 7) is 4.04. The van der Waals surface area contributed by atoms with E-state index in [1.807, 2.05) is 55.6 Å². The lowest BCUT2D eigenvalue weighted by Gasteiger charge is -2.39. The predicted molar refractivity (Wildman–Crippen MR) is 137 cm³/mol. The number of pyridine rings is 1. The summed E-state index contributed by atoms with van der Waals surface area (Å²) in [6, 6.07) is 11.3. The van der Waals surface area contributed by atoms with Gasteiger partial charge in [-0.1, -0.05) is 41.9 Å². The number of hydrazine groups is 1. The molecule has 1 aromatic carbocycles. The molecule has 0 saturated heterocycles. The third-order valence-electron chi connectivity index (χ3n) is 7.45. The highest BCUT2D eigenvalue weighted by molar-refractivity contribution is 9.10. The van der Waals surface area contributed by atoms with Crippen LogP contribution in [0.2, 0.25) is 0 Å². The number of allylic oxidation sites excluding steroid dienone is 2. The first-order valence-corrected chi connectivity index (χ1v) is 14.2. The number of fused-ring (bicyclic) bond motifs is 3. The molecular formula is C24H24BrN3O4S2. The Morgan fingerprint density at radius 1 is 1.29 bits per heavy atom. The number of hydrogen-bond acceptors (Lipinski definition) is 6. The monoisotopic (exact) mass is 561 g/mol. The Hall–Kier alpha value is -2.27. The van der Waals surface area contributed by atoms with Gasteiger partial charge in [-0.25, -0.2) is 4.98 Å². The van der Waals surface area contributed by atoms with Crippen molar-refractivity contribution in [1.82, 2.24) is 15.8 Å². The first kappa shape index (κ1) is 23.5. The zero-order valence-corrected chi connectivity index (χ0v) is 21.9. The summed E-state index contributed by atoms with van der Waals surface area (Å²) < 4.78 is 34.3. The molecule has 10 heteroatoms. The van der Waals surface area contributed by atoms with Crippen molar-refractivity contribution in [3.05, 3.63) is 63.6 Å². The topological polar surface area (TPSA) is 108 Å². The van der Waals surface area contributed by atoms with Gasteiger partial charge in [0.05, 0.1) is 27.4 Å². The maximum Gasteiger partial charge on any atom is 0.270 e. The van der Waals surface area contributed by atoms with Gasteiger partial charge < -0.3 is 5.43 Å². The Balaban J connectivity index is 1.48. The number of benzene rings is 1. The fourth-order valence-corrected chi connectivity index (χ4v) is 7.85. The number of thiophene rings is 1. The largest absolute Gasteiger partial charge is 0.302 e. The molecule has 5 rings (SSSR count). The summed E-state index contributed by atoms with van der Waals surface area (Å²) in [7, 11) is -4.22. The summed E-state index contributed by atoms with van der Waals surface area (Å²) >= 11 is 5.02. The van der Waals surface area contributed by atoms with Gasteiger partial charge in [0, 0.05) is 21.0 Å². The lowest BCUT2D eigenvalue weighted by Crippen LogP contribution is -2.47. The van der Waals surface area contributed by atoms with Gasteiger partial charge >= 0.3 is 0 Å². The summed E-state index contributed by atoms with van der Waals surface area (Å²) in [5, 5.41) is 2.66. The van der Waals surface area contributed by atoms with E-state index in [0.717, 1.165) is 15.8 Å². The lowest BCUT2D eigenvalue weighted by atomic mass is 9.69. The summed E-state index contributed by atoms with van der Waals surface area (Å²) in [4.78, 5) is 19.1. The first-order chi connectivity index (χ1) is 16.0. The molecule has 1 amide bonds. The van der Waals surface area contributed by atoms with Gasteiger partial charge in [-0.05, 0) is 59.9 Å². The molecule has 1 saturated carbocycles. The van der Waals surface area contributed by atoms with Crippen molar-refractivity contribution in [2.24, 2.45) is 16.7 Å². The minimum atomic E-state index is -4.22. The molecule has 178 valence electrons. The van der Waals surface area contributed by atoms with Gasteiger partial charge in [0.1, 0.15) is 0 Å². The third-order valence-corrected chi connectivity index (χ3v) is 9.70. The molecule has 0 unspecified atom stereocenters. The molecule has 2 aromatic heterocycles. The van der Waals surface area contributed by atoms with Crippen molar-refractivity contribution < 1.29 is 17.8 Å².